The minimum atomic E-state index is -0.497. The van der Waals surface area contributed by atoms with Gasteiger partial charge in [-0.05, 0) is 26.3 Å². The Morgan fingerprint density at radius 3 is 2.21 bits per heavy atom. The van der Waals surface area contributed by atoms with E-state index in [2.05, 4.69) is 5.32 Å². The van der Waals surface area contributed by atoms with Gasteiger partial charge in [0.15, 0.2) is 0 Å². The molecule has 1 aromatic rings. The summed E-state index contributed by atoms with van der Waals surface area (Å²) >= 11 is 0. The van der Waals surface area contributed by atoms with Crippen molar-refractivity contribution in [2.45, 2.75) is 46.3 Å². The fourth-order valence-electron chi connectivity index (χ4n) is 1.91. The van der Waals surface area contributed by atoms with E-state index in [1.807, 2.05) is 44.2 Å². The molecule has 4 heteroatoms. The lowest BCUT2D eigenvalue weighted by Gasteiger charge is -2.29. The Balaban J connectivity index is 2.77. The minimum absolute atomic E-state index is 0.0611. The van der Waals surface area contributed by atoms with Crippen molar-refractivity contribution in [1.29, 1.82) is 0 Å². The fourth-order valence-corrected chi connectivity index (χ4v) is 1.91. The molecular formula is C15H22N2O2. The minimum Gasteiger partial charge on any atom is -0.345 e. The number of nitrogens with zero attached hydrogens (tertiary/aromatic N) is 1. The largest absolute Gasteiger partial charge is 0.345 e. The molecule has 1 N–H and O–H groups in total. The van der Waals surface area contributed by atoms with Crippen molar-refractivity contribution in [2.75, 3.05) is 0 Å². The Morgan fingerprint density at radius 2 is 1.74 bits per heavy atom. The summed E-state index contributed by atoms with van der Waals surface area (Å²) in [5, 5.41) is 2.63. The second kappa shape index (κ2) is 6.92. The summed E-state index contributed by atoms with van der Waals surface area (Å²) in [7, 11) is 0. The van der Waals surface area contributed by atoms with Gasteiger partial charge in [0.25, 0.3) is 0 Å². The lowest BCUT2D eigenvalue weighted by Crippen LogP contribution is -2.48. The SMILES string of the molecule is CC(=O)NC(C)C(=O)N(Cc1ccccc1)C(C)C. The summed E-state index contributed by atoms with van der Waals surface area (Å²) < 4.78 is 0. The van der Waals surface area contributed by atoms with E-state index >= 15 is 0 Å². The summed E-state index contributed by atoms with van der Waals surface area (Å²) in [5.74, 6) is -0.252. The van der Waals surface area contributed by atoms with Gasteiger partial charge in [-0.1, -0.05) is 30.3 Å². The first-order valence-electron chi connectivity index (χ1n) is 6.53. The number of benzene rings is 1. The molecule has 1 rings (SSSR count). The van der Waals surface area contributed by atoms with E-state index < -0.39 is 6.04 Å². The van der Waals surface area contributed by atoms with Crippen molar-refractivity contribution in [3.63, 3.8) is 0 Å². The number of hydrogen-bond donors (Lipinski definition) is 1. The lowest BCUT2D eigenvalue weighted by atomic mass is 10.1. The third-order valence-corrected chi connectivity index (χ3v) is 2.89. The zero-order chi connectivity index (χ0) is 14.4. The van der Waals surface area contributed by atoms with Crippen LogP contribution in [0.4, 0.5) is 0 Å². The third kappa shape index (κ3) is 4.73. The summed E-state index contributed by atoms with van der Waals surface area (Å²) in [5.41, 5.74) is 1.08. The van der Waals surface area contributed by atoms with Crippen LogP contribution in [0.25, 0.3) is 0 Å². The Bertz CT molecular complexity index is 429. The van der Waals surface area contributed by atoms with E-state index in [1.54, 1.807) is 11.8 Å². The van der Waals surface area contributed by atoms with Gasteiger partial charge in [0, 0.05) is 19.5 Å². The summed E-state index contributed by atoms with van der Waals surface area (Å²) in [6.07, 6.45) is 0. The second-order valence-corrected chi connectivity index (χ2v) is 4.97. The molecule has 0 heterocycles. The highest BCUT2D eigenvalue weighted by Gasteiger charge is 2.23. The van der Waals surface area contributed by atoms with E-state index in [0.717, 1.165) is 5.56 Å². The van der Waals surface area contributed by atoms with Crippen molar-refractivity contribution in [3.8, 4) is 0 Å². The Labute approximate surface area is 114 Å². The van der Waals surface area contributed by atoms with Gasteiger partial charge in [-0.3, -0.25) is 9.59 Å². The van der Waals surface area contributed by atoms with Crippen molar-refractivity contribution in [1.82, 2.24) is 10.2 Å². The van der Waals surface area contributed by atoms with E-state index in [9.17, 15) is 9.59 Å². The maximum Gasteiger partial charge on any atom is 0.245 e. The van der Waals surface area contributed by atoms with Crippen LogP contribution in [0.3, 0.4) is 0 Å². The highest BCUT2D eigenvalue weighted by Crippen LogP contribution is 2.10. The quantitative estimate of drug-likeness (QED) is 0.881. The third-order valence-electron chi connectivity index (χ3n) is 2.89. The van der Waals surface area contributed by atoms with Crippen LogP contribution >= 0.6 is 0 Å². The first-order chi connectivity index (χ1) is 8.91. The smallest absolute Gasteiger partial charge is 0.245 e. The average molecular weight is 262 g/mol. The van der Waals surface area contributed by atoms with Crippen molar-refractivity contribution in [2.24, 2.45) is 0 Å². The molecule has 1 unspecified atom stereocenters. The van der Waals surface area contributed by atoms with Gasteiger partial charge in [0.1, 0.15) is 6.04 Å². The molecule has 104 valence electrons. The lowest BCUT2D eigenvalue weighted by molar-refractivity contribution is -0.137. The molecule has 0 fully saturated rings. The molecule has 0 aliphatic rings. The number of carbonyl (C=O) groups excluding carboxylic acids is 2. The van der Waals surface area contributed by atoms with Gasteiger partial charge in [-0.15, -0.1) is 0 Å². The number of rotatable bonds is 5. The van der Waals surface area contributed by atoms with E-state index in [1.165, 1.54) is 6.92 Å². The van der Waals surface area contributed by atoms with Gasteiger partial charge in [-0.2, -0.15) is 0 Å². The molecule has 19 heavy (non-hydrogen) atoms. The molecule has 0 bridgehead atoms. The van der Waals surface area contributed by atoms with Crippen LogP contribution in [0.15, 0.2) is 30.3 Å². The molecule has 0 aromatic heterocycles. The monoisotopic (exact) mass is 262 g/mol. The standard InChI is InChI=1S/C15H22N2O2/c1-11(2)17(10-14-8-6-5-7-9-14)15(19)12(3)16-13(4)18/h5-9,11-12H,10H2,1-4H3,(H,16,18). The van der Waals surface area contributed by atoms with Crippen LogP contribution < -0.4 is 5.32 Å². The van der Waals surface area contributed by atoms with Gasteiger partial charge < -0.3 is 10.2 Å². The van der Waals surface area contributed by atoms with E-state index in [0.29, 0.717) is 6.54 Å². The maximum absolute atomic E-state index is 12.3. The van der Waals surface area contributed by atoms with E-state index in [4.69, 9.17) is 0 Å². The zero-order valence-electron chi connectivity index (χ0n) is 12.0. The Kier molecular flexibility index (Phi) is 5.55. The first-order valence-corrected chi connectivity index (χ1v) is 6.53. The molecule has 0 aliphatic carbocycles. The Morgan fingerprint density at radius 1 is 1.16 bits per heavy atom. The van der Waals surface area contributed by atoms with Crippen LogP contribution in [0.1, 0.15) is 33.3 Å². The van der Waals surface area contributed by atoms with E-state index in [-0.39, 0.29) is 17.9 Å². The van der Waals surface area contributed by atoms with Crippen LogP contribution in [-0.2, 0) is 16.1 Å². The topological polar surface area (TPSA) is 49.4 Å². The molecule has 0 saturated carbocycles. The van der Waals surface area contributed by atoms with Crippen LogP contribution in [0.2, 0.25) is 0 Å². The molecule has 0 aliphatic heterocycles. The molecule has 4 nitrogen and oxygen atoms in total. The van der Waals surface area contributed by atoms with Crippen molar-refractivity contribution in [3.05, 3.63) is 35.9 Å². The average Bonchev–Trinajstić information content (AvgIpc) is 2.35. The van der Waals surface area contributed by atoms with Gasteiger partial charge >= 0.3 is 0 Å². The molecule has 1 aromatic carbocycles. The number of amides is 2. The van der Waals surface area contributed by atoms with Crippen molar-refractivity contribution < 1.29 is 9.59 Å². The van der Waals surface area contributed by atoms with Crippen molar-refractivity contribution >= 4 is 11.8 Å². The van der Waals surface area contributed by atoms with Gasteiger partial charge in [0.05, 0.1) is 0 Å². The molecular weight excluding hydrogens is 240 g/mol. The second-order valence-electron chi connectivity index (χ2n) is 4.97. The molecule has 0 radical (unpaired) electrons. The maximum atomic E-state index is 12.3. The van der Waals surface area contributed by atoms with Crippen LogP contribution in [-0.4, -0.2) is 28.8 Å². The fraction of sp³-hybridized carbons (Fsp3) is 0.467. The molecule has 0 saturated heterocycles. The Hall–Kier alpha value is -1.84. The molecule has 2 amide bonds. The number of hydrogen-bond acceptors (Lipinski definition) is 2. The number of nitrogens with one attached hydrogen (secondary N) is 1. The predicted molar refractivity (Wildman–Crippen MR) is 75.4 cm³/mol. The van der Waals surface area contributed by atoms with Gasteiger partial charge in [-0.25, -0.2) is 0 Å². The predicted octanol–water partition coefficient (Wildman–Crippen LogP) is 1.95. The highest BCUT2D eigenvalue weighted by atomic mass is 16.2. The van der Waals surface area contributed by atoms with Crippen LogP contribution in [0.5, 0.6) is 0 Å². The summed E-state index contributed by atoms with van der Waals surface area (Å²) in [6, 6.07) is 9.43. The normalized spacial score (nSPS) is 12.1. The van der Waals surface area contributed by atoms with Gasteiger partial charge in [0.2, 0.25) is 11.8 Å². The summed E-state index contributed by atoms with van der Waals surface area (Å²) in [6.45, 7) is 7.63. The zero-order valence-corrected chi connectivity index (χ0v) is 12.0. The van der Waals surface area contributed by atoms with Crippen LogP contribution in [0, 0.1) is 0 Å². The first kappa shape index (κ1) is 15.2. The molecule has 1 atom stereocenters. The summed E-state index contributed by atoms with van der Waals surface area (Å²) in [4.78, 5) is 25.1. The highest BCUT2D eigenvalue weighted by molar-refractivity contribution is 5.86. The number of carbonyl (C=O) groups is 2. The molecule has 0 spiro atoms.